The fourth-order valence-corrected chi connectivity index (χ4v) is 4.15. The van der Waals surface area contributed by atoms with Crippen LogP contribution in [0, 0.1) is 13.8 Å². The highest BCUT2D eigenvalue weighted by Crippen LogP contribution is 2.30. The fourth-order valence-electron chi connectivity index (χ4n) is 4.15. The molecule has 1 saturated heterocycles. The second kappa shape index (κ2) is 8.98. The van der Waals surface area contributed by atoms with Crippen molar-refractivity contribution in [1.82, 2.24) is 14.9 Å². The minimum Gasteiger partial charge on any atom is -0.497 e. The summed E-state index contributed by atoms with van der Waals surface area (Å²) in [5.74, 6) is 2.69. The molecule has 1 fully saturated rings. The molecule has 0 atom stereocenters. The number of hydrogen-bond donors (Lipinski definition) is 2. The number of rotatable bonds is 6. The lowest BCUT2D eigenvalue weighted by atomic mass is 9.96. The molecule has 0 aliphatic carbocycles. The zero-order chi connectivity index (χ0) is 22.0. The molecule has 0 saturated carbocycles. The number of amides is 1. The van der Waals surface area contributed by atoms with Crippen LogP contribution in [0.4, 0.5) is 5.69 Å². The summed E-state index contributed by atoms with van der Waals surface area (Å²) in [5.41, 5.74) is 5.30. The standard InChI is InChI=1S/C24H30N4O3/c1-15-11-19-20(12-16(15)2)27-24(26-19)17-7-9-28(10-8-17)14-23(29)25-21-13-18(30-3)5-6-22(21)31-4/h5-6,11-13,17H,7-10,14H2,1-4H3,(H,25,29)(H,26,27). The number of aryl methyl sites for hydroxylation is 2. The number of benzene rings is 2. The van der Waals surface area contributed by atoms with Gasteiger partial charge in [-0.05, 0) is 75.2 Å². The molecule has 0 bridgehead atoms. The number of piperidine rings is 1. The highest BCUT2D eigenvalue weighted by atomic mass is 16.5. The van der Waals surface area contributed by atoms with E-state index in [4.69, 9.17) is 14.5 Å². The summed E-state index contributed by atoms with van der Waals surface area (Å²) in [5, 5.41) is 2.95. The third-order valence-electron chi connectivity index (χ3n) is 6.14. The lowest BCUT2D eigenvalue weighted by molar-refractivity contribution is -0.117. The molecule has 1 aromatic heterocycles. The van der Waals surface area contributed by atoms with Crippen molar-refractivity contribution in [2.24, 2.45) is 0 Å². The zero-order valence-corrected chi connectivity index (χ0v) is 18.6. The van der Waals surface area contributed by atoms with E-state index in [-0.39, 0.29) is 5.91 Å². The van der Waals surface area contributed by atoms with Crippen LogP contribution in [-0.2, 0) is 4.79 Å². The third-order valence-corrected chi connectivity index (χ3v) is 6.14. The smallest absolute Gasteiger partial charge is 0.238 e. The molecule has 0 unspecified atom stereocenters. The first-order valence-electron chi connectivity index (χ1n) is 10.7. The van der Waals surface area contributed by atoms with Gasteiger partial charge in [0.2, 0.25) is 5.91 Å². The Labute approximate surface area is 182 Å². The molecule has 1 amide bonds. The van der Waals surface area contributed by atoms with Gasteiger partial charge >= 0.3 is 0 Å². The maximum absolute atomic E-state index is 12.6. The highest BCUT2D eigenvalue weighted by molar-refractivity contribution is 5.94. The molecule has 3 aromatic rings. The van der Waals surface area contributed by atoms with E-state index in [9.17, 15) is 4.79 Å². The molecule has 31 heavy (non-hydrogen) atoms. The first kappa shape index (κ1) is 21.2. The number of aromatic nitrogens is 2. The number of anilines is 1. The van der Waals surface area contributed by atoms with Gasteiger partial charge in [-0.15, -0.1) is 0 Å². The normalized spacial score (nSPS) is 15.2. The van der Waals surface area contributed by atoms with Gasteiger partial charge < -0.3 is 19.8 Å². The van der Waals surface area contributed by atoms with Crippen LogP contribution < -0.4 is 14.8 Å². The Hall–Kier alpha value is -3.06. The van der Waals surface area contributed by atoms with Crippen molar-refractivity contribution >= 4 is 22.6 Å². The lowest BCUT2D eigenvalue weighted by Crippen LogP contribution is -2.39. The van der Waals surface area contributed by atoms with Crippen molar-refractivity contribution in [3.8, 4) is 11.5 Å². The molecule has 7 heteroatoms. The molecule has 2 aromatic carbocycles. The number of ether oxygens (including phenoxy) is 2. The summed E-state index contributed by atoms with van der Waals surface area (Å²) < 4.78 is 10.6. The van der Waals surface area contributed by atoms with Crippen molar-refractivity contribution in [3.63, 3.8) is 0 Å². The van der Waals surface area contributed by atoms with Gasteiger partial charge in [-0.3, -0.25) is 9.69 Å². The van der Waals surface area contributed by atoms with Crippen LogP contribution in [0.25, 0.3) is 11.0 Å². The summed E-state index contributed by atoms with van der Waals surface area (Å²) >= 11 is 0. The third kappa shape index (κ3) is 4.66. The predicted octanol–water partition coefficient (Wildman–Crippen LogP) is 4.02. The van der Waals surface area contributed by atoms with Crippen LogP contribution >= 0.6 is 0 Å². The zero-order valence-electron chi connectivity index (χ0n) is 18.6. The molecule has 1 aliphatic heterocycles. The summed E-state index contributed by atoms with van der Waals surface area (Å²) in [6.07, 6.45) is 1.96. The van der Waals surface area contributed by atoms with Crippen LogP contribution in [0.1, 0.15) is 35.7 Å². The molecule has 164 valence electrons. The minimum absolute atomic E-state index is 0.0558. The van der Waals surface area contributed by atoms with Gasteiger partial charge in [0.25, 0.3) is 0 Å². The Morgan fingerprint density at radius 2 is 1.87 bits per heavy atom. The van der Waals surface area contributed by atoms with Gasteiger partial charge in [-0.1, -0.05) is 0 Å². The molecule has 0 spiro atoms. The van der Waals surface area contributed by atoms with Crippen molar-refractivity contribution in [1.29, 1.82) is 0 Å². The molecule has 2 N–H and O–H groups in total. The second-order valence-corrected chi connectivity index (χ2v) is 8.24. The number of methoxy groups -OCH3 is 2. The average molecular weight is 423 g/mol. The Kier molecular flexibility index (Phi) is 6.13. The SMILES string of the molecule is COc1ccc(OC)c(NC(=O)CN2CCC(c3nc4cc(C)c(C)cc4[nH]3)CC2)c1. The summed E-state index contributed by atoms with van der Waals surface area (Å²) in [6, 6.07) is 9.69. The lowest BCUT2D eigenvalue weighted by Gasteiger charge is -2.30. The number of carbonyl (C=O) groups excluding carboxylic acids is 1. The van der Waals surface area contributed by atoms with E-state index < -0.39 is 0 Å². The molecule has 1 aliphatic rings. The first-order chi connectivity index (χ1) is 15.0. The Balaban J connectivity index is 1.35. The molecular formula is C24H30N4O3. The number of hydrogen-bond acceptors (Lipinski definition) is 5. The van der Waals surface area contributed by atoms with Gasteiger partial charge in [-0.25, -0.2) is 4.98 Å². The molecule has 4 rings (SSSR count). The van der Waals surface area contributed by atoms with Crippen molar-refractivity contribution in [2.75, 3.05) is 39.2 Å². The number of carbonyl (C=O) groups is 1. The van der Waals surface area contributed by atoms with E-state index in [1.165, 1.54) is 11.1 Å². The van der Waals surface area contributed by atoms with Gasteiger partial charge in [-0.2, -0.15) is 0 Å². The van der Waals surface area contributed by atoms with Crippen LogP contribution in [0.2, 0.25) is 0 Å². The van der Waals surface area contributed by atoms with Crippen molar-refractivity contribution in [3.05, 3.63) is 47.3 Å². The van der Waals surface area contributed by atoms with E-state index in [0.717, 1.165) is 42.8 Å². The van der Waals surface area contributed by atoms with Gasteiger partial charge in [0.1, 0.15) is 17.3 Å². The van der Waals surface area contributed by atoms with Gasteiger partial charge in [0.05, 0.1) is 37.5 Å². The van der Waals surface area contributed by atoms with Gasteiger partial charge in [0.15, 0.2) is 0 Å². The molecular weight excluding hydrogens is 392 g/mol. The number of aromatic amines is 1. The van der Waals surface area contributed by atoms with E-state index in [0.29, 0.717) is 29.6 Å². The number of nitrogens with one attached hydrogen (secondary N) is 2. The topological polar surface area (TPSA) is 79.5 Å². The Morgan fingerprint density at radius 1 is 1.13 bits per heavy atom. The van der Waals surface area contributed by atoms with E-state index in [2.05, 4.69) is 41.2 Å². The fraction of sp³-hybridized carbons (Fsp3) is 0.417. The number of fused-ring (bicyclic) bond motifs is 1. The quantitative estimate of drug-likeness (QED) is 0.627. The van der Waals surface area contributed by atoms with Crippen LogP contribution in [0.3, 0.4) is 0 Å². The maximum Gasteiger partial charge on any atom is 0.238 e. The molecule has 2 heterocycles. The number of H-pyrrole nitrogens is 1. The van der Waals surface area contributed by atoms with E-state index in [1.54, 1.807) is 32.4 Å². The molecule has 0 radical (unpaired) electrons. The van der Waals surface area contributed by atoms with E-state index >= 15 is 0 Å². The van der Waals surface area contributed by atoms with Gasteiger partial charge in [0, 0.05) is 12.0 Å². The largest absolute Gasteiger partial charge is 0.497 e. The van der Waals surface area contributed by atoms with Crippen molar-refractivity contribution in [2.45, 2.75) is 32.6 Å². The van der Waals surface area contributed by atoms with Crippen molar-refractivity contribution < 1.29 is 14.3 Å². The van der Waals surface area contributed by atoms with Crippen LogP contribution in [-0.4, -0.2) is 54.6 Å². The number of likely N-dealkylation sites (tertiary alicyclic amines) is 1. The summed E-state index contributed by atoms with van der Waals surface area (Å²) in [6.45, 7) is 6.32. The summed E-state index contributed by atoms with van der Waals surface area (Å²) in [4.78, 5) is 23.2. The summed E-state index contributed by atoms with van der Waals surface area (Å²) in [7, 11) is 3.19. The van der Waals surface area contributed by atoms with Crippen LogP contribution in [0.5, 0.6) is 11.5 Å². The Bertz CT molecular complexity index is 1040. The maximum atomic E-state index is 12.6. The predicted molar refractivity (Wildman–Crippen MR) is 122 cm³/mol. The second-order valence-electron chi connectivity index (χ2n) is 8.24. The highest BCUT2D eigenvalue weighted by Gasteiger charge is 2.24. The average Bonchev–Trinajstić information content (AvgIpc) is 3.17. The number of imidazole rings is 1. The first-order valence-corrected chi connectivity index (χ1v) is 10.7. The Morgan fingerprint density at radius 3 is 2.58 bits per heavy atom. The number of nitrogens with zero attached hydrogens (tertiary/aromatic N) is 2. The monoisotopic (exact) mass is 422 g/mol. The molecule has 7 nitrogen and oxygen atoms in total. The van der Waals surface area contributed by atoms with E-state index in [1.807, 2.05) is 0 Å². The van der Waals surface area contributed by atoms with Crippen LogP contribution in [0.15, 0.2) is 30.3 Å². The minimum atomic E-state index is -0.0558.